The molecule has 1 aromatic heterocycles. The van der Waals surface area contributed by atoms with Gasteiger partial charge in [-0.2, -0.15) is 0 Å². The van der Waals surface area contributed by atoms with Gasteiger partial charge in [0.2, 0.25) is 0 Å². The van der Waals surface area contributed by atoms with Crippen LogP contribution in [0.2, 0.25) is 0 Å². The fourth-order valence-electron chi connectivity index (χ4n) is 4.18. The van der Waals surface area contributed by atoms with E-state index in [9.17, 15) is 4.21 Å². The normalized spacial score (nSPS) is 11.9. The first kappa shape index (κ1) is 17.9. The second kappa shape index (κ2) is 7.02. The lowest BCUT2D eigenvalue weighted by Crippen LogP contribution is -2.12. The van der Waals surface area contributed by atoms with Gasteiger partial charge in [-0.1, -0.05) is 58.8 Å². The van der Waals surface area contributed by atoms with Gasteiger partial charge in [-0.3, -0.25) is 0 Å². The van der Waals surface area contributed by atoms with Crippen molar-refractivity contribution in [3.63, 3.8) is 0 Å². The summed E-state index contributed by atoms with van der Waals surface area (Å²) in [5, 5.41) is 2.36. The summed E-state index contributed by atoms with van der Waals surface area (Å²) in [6, 6.07) is 34.4. The summed E-state index contributed by atoms with van der Waals surface area (Å²) in [6.45, 7) is 3.06. The molecule has 0 N–H and O–H groups in total. The molecule has 0 spiro atoms. The fraction of sp³-hybridized carbons (Fsp3) is 0.0769. The number of rotatable bonds is 4. The highest BCUT2D eigenvalue weighted by Gasteiger charge is 2.37. The topological polar surface area (TPSA) is 22.0 Å². The van der Waals surface area contributed by atoms with E-state index in [2.05, 4.69) is 47.9 Å². The van der Waals surface area contributed by atoms with Crippen LogP contribution >= 0.6 is 0 Å². The van der Waals surface area contributed by atoms with Crippen LogP contribution in [0.4, 0.5) is 0 Å². The van der Waals surface area contributed by atoms with Crippen molar-refractivity contribution < 1.29 is 4.21 Å². The lowest BCUT2D eigenvalue weighted by atomic mass is 10.1. The molecule has 142 valence electrons. The molecular weight excluding hydrogens is 374 g/mol. The molecule has 4 aromatic carbocycles. The minimum atomic E-state index is -2.59. The first-order valence-electron chi connectivity index (χ1n) is 9.89. The lowest BCUT2D eigenvalue weighted by Gasteiger charge is -2.12. The molecule has 5 aromatic rings. The van der Waals surface area contributed by atoms with Crippen LogP contribution in [-0.2, 0) is 20.7 Å². The quantitative estimate of drug-likeness (QED) is 0.307. The first-order valence-corrected chi connectivity index (χ1v) is 11.4. The van der Waals surface area contributed by atoms with Crippen molar-refractivity contribution in [3.05, 3.63) is 103 Å². The average molecular weight is 397 g/mol. The highest BCUT2D eigenvalue weighted by atomic mass is 32.2. The fourth-order valence-corrected chi connectivity index (χ4v) is 6.63. The minimum absolute atomic E-state index is 0.838. The van der Waals surface area contributed by atoms with Crippen LogP contribution in [0.25, 0.3) is 21.8 Å². The number of hydrogen-bond donors (Lipinski definition) is 0. The Morgan fingerprint density at radius 2 is 1.17 bits per heavy atom. The third-order valence-corrected chi connectivity index (χ3v) is 8.33. The number of benzene rings is 4. The van der Waals surface area contributed by atoms with E-state index in [1.165, 1.54) is 16.4 Å². The van der Waals surface area contributed by atoms with Gasteiger partial charge in [0.25, 0.3) is 0 Å². The second-order valence-corrected chi connectivity index (χ2v) is 9.65. The Morgan fingerprint density at radius 3 is 1.79 bits per heavy atom. The molecule has 2 nitrogen and oxygen atoms in total. The van der Waals surface area contributed by atoms with Crippen LogP contribution in [0.5, 0.6) is 0 Å². The van der Waals surface area contributed by atoms with Crippen molar-refractivity contribution >= 4 is 31.7 Å². The third kappa shape index (κ3) is 2.73. The van der Waals surface area contributed by atoms with Crippen LogP contribution in [0.15, 0.2) is 118 Å². The van der Waals surface area contributed by atoms with Crippen molar-refractivity contribution in [1.29, 1.82) is 0 Å². The Balaban J connectivity index is 1.84. The largest absolute Gasteiger partial charge is 0.341 e. The highest BCUT2D eigenvalue weighted by Crippen LogP contribution is 2.39. The van der Waals surface area contributed by atoms with Crippen molar-refractivity contribution in [2.75, 3.05) is 0 Å². The SMILES string of the molecule is CCn1c2ccccc2c2cc([S+](=O)(c3ccccc3)c3ccccc3)ccc21. The Hall–Kier alpha value is -3.17. The monoisotopic (exact) mass is 396 g/mol. The molecule has 0 bridgehead atoms. The van der Waals surface area contributed by atoms with Crippen LogP contribution in [-0.4, -0.2) is 4.57 Å². The van der Waals surface area contributed by atoms with E-state index in [0.29, 0.717) is 0 Å². The number of nitrogens with zero attached hydrogens (tertiary/aromatic N) is 1. The van der Waals surface area contributed by atoms with Gasteiger partial charge in [-0.15, -0.1) is 0 Å². The molecule has 0 fully saturated rings. The zero-order chi connectivity index (χ0) is 19.8. The van der Waals surface area contributed by atoms with Gasteiger partial charge >= 0.3 is 0 Å². The number of para-hydroxylation sites is 1. The Labute approximate surface area is 171 Å². The summed E-state index contributed by atoms with van der Waals surface area (Å²) in [7, 11) is -2.59. The van der Waals surface area contributed by atoms with E-state index >= 15 is 0 Å². The molecule has 1 heterocycles. The summed E-state index contributed by atoms with van der Waals surface area (Å²) < 4.78 is 17.0. The van der Waals surface area contributed by atoms with Crippen LogP contribution in [0.3, 0.4) is 0 Å². The Morgan fingerprint density at radius 1 is 0.621 bits per heavy atom. The molecule has 0 aliphatic carbocycles. The van der Waals surface area contributed by atoms with Gasteiger partial charge in [0, 0.05) is 34.4 Å². The van der Waals surface area contributed by atoms with Gasteiger partial charge in [0.05, 0.1) is 0 Å². The Kier molecular flexibility index (Phi) is 4.33. The van der Waals surface area contributed by atoms with Gasteiger partial charge in [-0.05, 0) is 49.4 Å². The predicted molar refractivity (Wildman–Crippen MR) is 121 cm³/mol. The van der Waals surface area contributed by atoms with Gasteiger partial charge in [0.15, 0.2) is 24.6 Å². The minimum Gasteiger partial charge on any atom is -0.341 e. The molecular formula is C26H22NOS+. The maximum absolute atomic E-state index is 14.6. The van der Waals surface area contributed by atoms with Gasteiger partial charge < -0.3 is 4.57 Å². The highest BCUT2D eigenvalue weighted by molar-refractivity contribution is 8.03. The number of fused-ring (bicyclic) bond motifs is 3. The summed E-state index contributed by atoms with van der Waals surface area (Å²) in [6.07, 6.45) is 0. The van der Waals surface area contributed by atoms with Crippen LogP contribution < -0.4 is 0 Å². The van der Waals surface area contributed by atoms with Crippen molar-refractivity contribution in [2.45, 2.75) is 28.2 Å². The molecule has 3 heteroatoms. The molecule has 0 aliphatic rings. The van der Waals surface area contributed by atoms with E-state index in [1.807, 2.05) is 66.7 Å². The second-order valence-electron chi connectivity index (χ2n) is 7.12. The molecule has 0 unspecified atom stereocenters. The molecule has 0 radical (unpaired) electrons. The number of hydrogen-bond acceptors (Lipinski definition) is 1. The maximum atomic E-state index is 14.6. The molecule has 0 amide bonds. The number of aryl methyl sites for hydroxylation is 1. The zero-order valence-electron chi connectivity index (χ0n) is 16.3. The van der Waals surface area contributed by atoms with E-state index in [1.54, 1.807) is 0 Å². The van der Waals surface area contributed by atoms with E-state index in [0.717, 1.165) is 26.6 Å². The Bertz CT molecular complexity index is 1310. The average Bonchev–Trinajstić information content (AvgIpc) is 3.12. The van der Waals surface area contributed by atoms with Crippen molar-refractivity contribution in [2.24, 2.45) is 0 Å². The summed E-state index contributed by atoms with van der Waals surface area (Å²) in [4.78, 5) is 2.52. The van der Waals surface area contributed by atoms with Crippen LogP contribution in [0.1, 0.15) is 6.92 Å². The third-order valence-electron chi connectivity index (χ3n) is 5.54. The smallest absolute Gasteiger partial charge is 0.182 e. The van der Waals surface area contributed by atoms with Gasteiger partial charge in [0.1, 0.15) is 0 Å². The zero-order valence-corrected chi connectivity index (χ0v) is 17.1. The number of aromatic nitrogens is 1. The van der Waals surface area contributed by atoms with Crippen LogP contribution in [0, 0.1) is 0 Å². The predicted octanol–water partition coefficient (Wildman–Crippen LogP) is 6.79. The maximum Gasteiger partial charge on any atom is 0.182 e. The summed E-state index contributed by atoms with van der Waals surface area (Å²) in [5.41, 5.74) is 2.40. The van der Waals surface area contributed by atoms with E-state index in [-0.39, 0.29) is 0 Å². The molecule has 0 atom stereocenters. The van der Waals surface area contributed by atoms with Crippen molar-refractivity contribution in [3.8, 4) is 0 Å². The lowest BCUT2D eigenvalue weighted by molar-refractivity contribution is 0.584. The molecule has 0 aliphatic heterocycles. The van der Waals surface area contributed by atoms with E-state index in [4.69, 9.17) is 0 Å². The molecule has 0 saturated heterocycles. The van der Waals surface area contributed by atoms with Crippen molar-refractivity contribution in [1.82, 2.24) is 4.57 Å². The van der Waals surface area contributed by atoms with E-state index < -0.39 is 9.93 Å². The summed E-state index contributed by atoms with van der Waals surface area (Å²) in [5.74, 6) is 0. The first-order chi connectivity index (χ1) is 14.2. The molecule has 5 rings (SSSR count). The molecule has 0 saturated carbocycles. The molecule has 29 heavy (non-hydrogen) atoms. The van der Waals surface area contributed by atoms with Gasteiger partial charge in [-0.25, -0.2) is 0 Å². The summed E-state index contributed by atoms with van der Waals surface area (Å²) >= 11 is 0. The standard InChI is InChI=1S/C26H22NOS/c1-2-27-25-16-10-9-15-23(25)24-19-22(17-18-26(24)27)29(28,20-11-5-3-6-12-20)21-13-7-4-8-14-21/h3-19H,2H2,1H3/q+1.